The van der Waals surface area contributed by atoms with Crippen LogP contribution in [-0.2, 0) is 20.1 Å². The van der Waals surface area contributed by atoms with Crippen LogP contribution in [0.2, 0.25) is 19.6 Å². The maximum absolute atomic E-state index is 6.73. The van der Waals surface area contributed by atoms with Gasteiger partial charge in [0.1, 0.15) is 5.58 Å². The van der Waals surface area contributed by atoms with E-state index in [-0.39, 0.29) is 20.1 Å². The number of aromatic nitrogens is 3. The fourth-order valence-electron chi connectivity index (χ4n) is 9.65. The molecule has 0 amide bonds. The predicted molar refractivity (Wildman–Crippen MR) is 274 cm³/mol. The van der Waals surface area contributed by atoms with E-state index < -0.39 is 8.07 Å². The van der Waals surface area contributed by atoms with Crippen LogP contribution in [0.3, 0.4) is 0 Å². The molecule has 0 spiro atoms. The Morgan fingerprint density at radius 2 is 1.24 bits per heavy atom. The molecule has 9 aromatic rings. The van der Waals surface area contributed by atoms with Gasteiger partial charge in [-0.15, -0.1) is 11.6 Å². The molecule has 1 aliphatic rings. The molecule has 335 valence electrons. The quantitative estimate of drug-likeness (QED) is 0.0905. The van der Waals surface area contributed by atoms with E-state index in [0.717, 1.165) is 78.1 Å². The van der Waals surface area contributed by atoms with Gasteiger partial charge in [-0.2, -0.15) is 37.1 Å². The summed E-state index contributed by atoms with van der Waals surface area (Å²) in [6, 6.07) is 49.5. The fourth-order valence-corrected chi connectivity index (χ4v) is 10.8. The van der Waals surface area contributed by atoms with Crippen LogP contribution in [0, 0.1) is 41.8 Å². The number of nitrogens with zero attached hydrogens (tertiary/aromatic N) is 3. The van der Waals surface area contributed by atoms with Crippen molar-refractivity contribution in [3.8, 4) is 55.9 Å². The van der Waals surface area contributed by atoms with Gasteiger partial charge < -0.3 is 13.6 Å². The molecule has 0 atom stereocenters. The van der Waals surface area contributed by atoms with Gasteiger partial charge in [-0.3, -0.25) is 4.98 Å². The van der Waals surface area contributed by atoms with E-state index in [1.54, 1.807) is 0 Å². The number of rotatable bonds is 7. The van der Waals surface area contributed by atoms with E-state index in [0.29, 0.717) is 5.92 Å². The van der Waals surface area contributed by atoms with Gasteiger partial charge in [-0.05, 0) is 79.1 Å². The summed E-state index contributed by atoms with van der Waals surface area (Å²) < 4.78 is 10.7. The molecule has 66 heavy (non-hydrogen) atoms. The number of benzene rings is 5. The first-order valence-corrected chi connectivity index (χ1v) is 26.4. The average molecular weight is 1060 g/mol. The van der Waals surface area contributed by atoms with Gasteiger partial charge in [-0.1, -0.05) is 163 Å². The first-order valence-electron chi connectivity index (χ1n) is 22.9. The Bertz CT molecular complexity index is 3160. The molecule has 0 N–H and O–H groups in total. The zero-order valence-electron chi connectivity index (χ0n) is 39.0. The molecule has 0 aliphatic heterocycles. The Balaban J connectivity index is 0.000000192. The summed E-state index contributed by atoms with van der Waals surface area (Å²) in [6.45, 7) is 20.0. The van der Waals surface area contributed by atoms with Gasteiger partial charge in [0.15, 0.2) is 0 Å². The Hall–Kier alpha value is -6.30. The molecule has 1 radical (unpaired) electrons. The van der Waals surface area contributed by atoms with Crippen LogP contribution in [-0.4, -0.2) is 13.1 Å². The van der Waals surface area contributed by atoms with Gasteiger partial charge in [0.2, 0.25) is 0 Å². The van der Waals surface area contributed by atoms with Crippen molar-refractivity contribution < 1.29 is 33.7 Å². The molecule has 0 saturated heterocycles. The molecule has 6 heteroatoms. The molecule has 4 heterocycles. The van der Waals surface area contributed by atoms with Crippen molar-refractivity contribution in [2.24, 2.45) is 0 Å². The second-order valence-corrected chi connectivity index (χ2v) is 24.0. The minimum absolute atomic E-state index is 0. The second-order valence-electron chi connectivity index (χ2n) is 18.9. The van der Waals surface area contributed by atoms with Gasteiger partial charge in [0.25, 0.3) is 0 Å². The molecule has 0 unspecified atom stereocenters. The van der Waals surface area contributed by atoms with Crippen molar-refractivity contribution in [3.63, 3.8) is 0 Å². The minimum Gasteiger partial charge on any atom is -0.469 e. The molecule has 0 bridgehead atoms. The summed E-state index contributed by atoms with van der Waals surface area (Å²) in [4.78, 5) is 4.46. The Morgan fingerprint density at radius 1 is 0.591 bits per heavy atom. The van der Waals surface area contributed by atoms with Crippen molar-refractivity contribution in [1.82, 2.24) is 4.98 Å². The van der Waals surface area contributed by atoms with Crippen molar-refractivity contribution in [3.05, 3.63) is 208 Å². The average Bonchev–Trinajstić information content (AvgIpc) is 3.68. The van der Waals surface area contributed by atoms with Crippen molar-refractivity contribution >= 4 is 35.2 Å². The summed E-state index contributed by atoms with van der Waals surface area (Å²) in [5, 5.41) is 3.64. The summed E-state index contributed by atoms with van der Waals surface area (Å²) in [5.41, 5.74) is 18.5. The van der Waals surface area contributed by atoms with E-state index in [1.165, 1.54) is 65.1 Å². The molecule has 1 saturated carbocycles. The topological polar surface area (TPSA) is 33.8 Å². The van der Waals surface area contributed by atoms with E-state index in [4.69, 9.17) is 4.42 Å². The first kappa shape index (κ1) is 46.2. The smallest absolute Gasteiger partial charge is 0.133 e. The summed E-state index contributed by atoms with van der Waals surface area (Å²) in [7, 11) is 7.24. The maximum atomic E-state index is 6.73. The molecular formula is C60H59IrN3OSi-2. The standard InChI is InChI=1S/C37H32NO.C23H27N2Si.Ir/c1-25-22-31(28-16-10-5-11-17-28)36-32-23-29(26-12-6-3-7-13-26)18-19-34(32)39-37(36)35(25)33-24-30(20-21-38(33)2)27-14-8-4-9-15-27;1-16-12-19(20-13-17(2)24-18(3)14-20)8-10-22(16)23-11-9-21(15-25(23)4)26(5,6)7;/h3,5-7,10-13,16-24,27H,1-2,4,8-9,14-15H2;8-15H,1,4H2,2-3,5-7H3;/q2*-1;. The Kier molecular flexibility index (Phi) is 13.5. The maximum Gasteiger partial charge on any atom is 0.133 e. The summed E-state index contributed by atoms with van der Waals surface area (Å²) in [6.07, 6.45) is 10.8. The van der Waals surface area contributed by atoms with Crippen LogP contribution in [0.4, 0.5) is 0 Å². The van der Waals surface area contributed by atoms with Crippen molar-refractivity contribution in [2.45, 2.75) is 71.5 Å². The van der Waals surface area contributed by atoms with Crippen molar-refractivity contribution in [2.75, 3.05) is 0 Å². The van der Waals surface area contributed by atoms with Gasteiger partial charge >= 0.3 is 0 Å². The number of hydrogen-bond donors (Lipinski definition) is 0. The fraction of sp³-hybridized carbons (Fsp3) is 0.183. The van der Waals surface area contributed by atoms with E-state index in [1.807, 2.05) is 23.0 Å². The van der Waals surface area contributed by atoms with Crippen molar-refractivity contribution in [1.29, 1.82) is 0 Å². The monoisotopic (exact) mass is 1060 g/mol. The van der Waals surface area contributed by atoms with Crippen LogP contribution < -0.4 is 14.3 Å². The van der Waals surface area contributed by atoms with Gasteiger partial charge in [0, 0.05) is 56.4 Å². The summed E-state index contributed by atoms with van der Waals surface area (Å²) in [5.74, 6) is 0.607. The number of fused-ring (bicyclic) bond motifs is 3. The van der Waals surface area contributed by atoms with Gasteiger partial charge in [0.05, 0.1) is 37.4 Å². The van der Waals surface area contributed by atoms with Crippen LogP contribution in [0.5, 0.6) is 0 Å². The second kappa shape index (κ2) is 19.3. The summed E-state index contributed by atoms with van der Waals surface area (Å²) >= 11 is 0. The Labute approximate surface area is 406 Å². The minimum atomic E-state index is -1.35. The number of furan rings is 1. The third-order valence-electron chi connectivity index (χ3n) is 13.1. The zero-order valence-corrected chi connectivity index (χ0v) is 42.4. The largest absolute Gasteiger partial charge is 0.469 e. The molecule has 1 aliphatic carbocycles. The zero-order chi connectivity index (χ0) is 45.4. The molecule has 5 aromatic carbocycles. The number of aryl methyl sites for hydroxylation is 2. The predicted octanol–water partition coefficient (Wildman–Crippen LogP) is 14.4. The molecule has 4 nitrogen and oxygen atoms in total. The molecule has 1 fully saturated rings. The van der Waals surface area contributed by atoms with Crippen LogP contribution in [0.15, 0.2) is 156 Å². The molecule has 4 aromatic heterocycles. The Morgan fingerprint density at radius 3 is 1.89 bits per heavy atom. The SMILES string of the molecule is [CH2-]c1cc(-c2cc(C)nc(C)c2)ccc1-c1ccc([Si](C)(C)C)c[n+]1[CH2-].[CH2-]c1cc(-c2ccccc2)c2c(oc3ccc(-c4ccccc4)cc32)c1-c1cc(C2CCCCC2)cc[n+]1[CH2-].[Ir]. The van der Waals surface area contributed by atoms with Gasteiger partial charge in [-0.25, -0.2) is 0 Å². The first-order chi connectivity index (χ1) is 31.3. The van der Waals surface area contributed by atoms with E-state index in [9.17, 15) is 0 Å². The van der Waals surface area contributed by atoms with Crippen LogP contribution in [0.1, 0.15) is 66.1 Å². The third kappa shape index (κ3) is 9.50. The number of hydrogen-bond acceptors (Lipinski definition) is 2. The third-order valence-corrected chi connectivity index (χ3v) is 15.1. The number of pyridine rings is 3. The molecular weight excluding hydrogens is 999 g/mol. The van der Waals surface area contributed by atoms with Crippen LogP contribution >= 0.6 is 0 Å². The molecule has 10 rings (SSSR count). The van der Waals surface area contributed by atoms with E-state index >= 15 is 0 Å². The normalized spacial score (nSPS) is 13.0. The van der Waals surface area contributed by atoms with E-state index in [2.05, 4.69) is 204 Å². The van der Waals surface area contributed by atoms with Crippen LogP contribution in [0.25, 0.3) is 77.8 Å².